The summed E-state index contributed by atoms with van der Waals surface area (Å²) in [6.45, 7) is 11.3. The number of carbonyl (C=O) groups is 1. The monoisotopic (exact) mass is 472 g/mol. The van der Waals surface area contributed by atoms with Gasteiger partial charge in [0.1, 0.15) is 5.60 Å². The van der Waals surface area contributed by atoms with E-state index in [-0.39, 0.29) is 30.1 Å². The summed E-state index contributed by atoms with van der Waals surface area (Å²) in [7, 11) is 1.73. The molecule has 0 atom stereocenters. The van der Waals surface area contributed by atoms with E-state index in [0.29, 0.717) is 13.1 Å². The van der Waals surface area contributed by atoms with Gasteiger partial charge in [0, 0.05) is 39.9 Å². The van der Waals surface area contributed by atoms with Gasteiger partial charge >= 0.3 is 6.09 Å². The highest BCUT2D eigenvalue weighted by molar-refractivity contribution is 14.0. The summed E-state index contributed by atoms with van der Waals surface area (Å²) in [4.78, 5) is 16.0. The average molecular weight is 472 g/mol. The Morgan fingerprint density at radius 2 is 1.68 bits per heavy atom. The summed E-state index contributed by atoms with van der Waals surface area (Å²) in [6.07, 6.45) is 3.70. The van der Waals surface area contributed by atoms with Crippen LogP contribution in [0.3, 0.4) is 0 Å². The SMILES string of the molecule is CCNC(=NCCCNC(=O)OC(C)(C)C)NCCCCCOC.I. The fraction of sp³-hybridized carbons (Fsp3) is 0.882. The molecule has 0 aliphatic carbocycles. The van der Waals surface area contributed by atoms with Crippen molar-refractivity contribution in [2.75, 3.05) is 39.9 Å². The normalized spacial score (nSPS) is 11.5. The second-order valence-electron chi connectivity index (χ2n) is 6.52. The van der Waals surface area contributed by atoms with Crippen molar-refractivity contribution in [3.8, 4) is 0 Å². The largest absolute Gasteiger partial charge is 0.444 e. The van der Waals surface area contributed by atoms with Crippen LogP contribution in [0.15, 0.2) is 4.99 Å². The number of methoxy groups -OCH3 is 1. The zero-order valence-corrected chi connectivity index (χ0v) is 18.8. The summed E-state index contributed by atoms with van der Waals surface area (Å²) in [5, 5.41) is 9.27. The first-order chi connectivity index (χ1) is 11.4. The van der Waals surface area contributed by atoms with Gasteiger partial charge in [-0.1, -0.05) is 0 Å². The zero-order valence-electron chi connectivity index (χ0n) is 16.4. The average Bonchev–Trinajstić information content (AvgIpc) is 2.48. The standard InChI is InChI=1S/C17H36N4O3.HI/c1-6-18-15(19-11-8-7-9-14-23-5)20-12-10-13-21-16(22)24-17(2,3)4;/h6-14H2,1-5H3,(H,21,22)(H2,18,19,20);1H. The van der Waals surface area contributed by atoms with Gasteiger partial charge in [-0.25, -0.2) is 4.79 Å². The van der Waals surface area contributed by atoms with E-state index >= 15 is 0 Å². The lowest BCUT2D eigenvalue weighted by Gasteiger charge is -2.19. The summed E-state index contributed by atoms with van der Waals surface area (Å²) >= 11 is 0. The number of nitrogens with zero attached hydrogens (tertiary/aromatic N) is 1. The Labute approximate surface area is 170 Å². The van der Waals surface area contributed by atoms with Gasteiger partial charge in [-0.05, 0) is 53.4 Å². The fourth-order valence-corrected chi connectivity index (χ4v) is 1.87. The number of alkyl carbamates (subject to hydrolysis) is 1. The molecule has 0 rings (SSSR count). The Balaban J connectivity index is 0. The molecule has 0 bridgehead atoms. The molecule has 150 valence electrons. The van der Waals surface area contributed by atoms with Crippen molar-refractivity contribution in [1.82, 2.24) is 16.0 Å². The van der Waals surface area contributed by atoms with Crippen molar-refractivity contribution in [3.05, 3.63) is 0 Å². The number of hydrogen-bond acceptors (Lipinski definition) is 4. The van der Waals surface area contributed by atoms with E-state index < -0.39 is 5.60 Å². The molecule has 0 aromatic heterocycles. The molecular weight excluding hydrogens is 435 g/mol. The molecule has 0 aromatic rings. The Bertz CT molecular complexity index is 360. The van der Waals surface area contributed by atoms with Gasteiger partial charge in [-0.3, -0.25) is 4.99 Å². The van der Waals surface area contributed by atoms with Crippen LogP contribution in [0.25, 0.3) is 0 Å². The molecule has 1 amide bonds. The number of halogens is 1. The fourth-order valence-electron chi connectivity index (χ4n) is 1.87. The molecule has 0 saturated heterocycles. The number of guanidine groups is 1. The van der Waals surface area contributed by atoms with Gasteiger partial charge < -0.3 is 25.4 Å². The van der Waals surface area contributed by atoms with Gasteiger partial charge in [0.05, 0.1) is 0 Å². The summed E-state index contributed by atoms with van der Waals surface area (Å²) in [5.74, 6) is 0.821. The molecule has 0 fully saturated rings. The highest BCUT2D eigenvalue weighted by atomic mass is 127. The summed E-state index contributed by atoms with van der Waals surface area (Å²) in [5.41, 5.74) is -0.465. The van der Waals surface area contributed by atoms with Crippen molar-refractivity contribution in [2.45, 2.75) is 59.0 Å². The van der Waals surface area contributed by atoms with Gasteiger partial charge in [-0.15, -0.1) is 24.0 Å². The van der Waals surface area contributed by atoms with E-state index in [4.69, 9.17) is 9.47 Å². The topological polar surface area (TPSA) is 84.0 Å². The number of carbonyl (C=O) groups excluding carboxylic acids is 1. The van der Waals surface area contributed by atoms with Gasteiger partial charge in [0.2, 0.25) is 0 Å². The number of ether oxygens (including phenoxy) is 2. The predicted molar refractivity (Wildman–Crippen MR) is 114 cm³/mol. The second-order valence-corrected chi connectivity index (χ2v) is 6.52. The lowest BCUT2D eigenvalue weighted by atomic mass is 10.2. The van der Waals surface area contributed by atoms with E-state index in [1.807, 2.05) is 27.7 Å². The van der Waals surface area contributed by atoms with Gasteiger partial charge in [-0.2, -0.15) is 0 Å². The third-order valence-electron chi connectivity index (χ3n) is 2.93. The van der Waals surface area contributed by atoms with Crippen LogP contribution in [0.2, 0.25) is 0 Å². The minimum Gasteiger partial charge on any atom is -0.444 e. The highest BCUT2D eigenvalue weighted by Crippen LogP contribution is 2.06. The maximum atomic E-state index is 11.5. The van der Waals surface area contributed by atoms with E-state index in [2.05, 4.69) is 20.9 Å². The molecule has 0 aliphatic rings. The number of unbranched alkanes of at least 4 members (excludes halogenated alkanes) is 2. The smallest absolute Gasteiger partial charge is 0.407 e. The molecule has 8 heteroatoms. The predicted octanol–water partition coefficient (Wildman–Crippen LogP) is 2.89. The van der Waals surface area contributed by atoms with Crippen molar-refractivity contribution in [3.63, 3.8) is 0 Å². The highest BCUT2D eigenvalue weighted by Gasteiger charge is 2.15. The third-order valence-corrected chi connectivity index (χ3v) is 2.93. The molecule has 0 aromatic carbocycles. The molecule has 7 nitrogen and oxygen atoms in total. The van der Waals surface area contributed by atoms with Crippen molar-refractivity contribution in [1.29, 1.82) is 0 Å². The number of hydrogen-bond donors (Lipinski definition) is 3. The Hall–Kier alpha value is -0.770. The van der Waals surface area contributed by atoms with Crippen molar-refractivity contribution >= 4 is 36.0 Å². The Morgan fingerprint density at radius 3 is 2.28 bits per heavy atom. The maximum absolute atomic E-state index is 11.5. The molecule has 0 spiro atoms. The minimum atomic E-state index is -0.465. The first kappa shape index (κ1) is 26.5. The molecule has 25 heavy (non-hydrogen) atoms. The van der Waals surface area contributed by atoms with Crippen LogP contribution < -0.4 is 16.0 Å². The molecule has 3 N–H and O–H groups in total. The number of nitrogens with one attached hydrogen (secondary N) is 3. The van der Waals surface area contributed by atoms with E-state index in [1.165, 1.54) is 0 Å². The van der Waals surface area contributed by atoms with Gasteiger partial charge in [0.15, 0.2) is 5.96 Å². The van der Waals surface area contributed by atoms with E-state index in [0.717, 1.165) is 51.3 Å². The van der Waals surface area contributed by atoms with Gasteiger partial charge in [0.25, 0.3) is 0 Å². The lowest BCUT2D eigenvalue weighted by molar-refractivity contribution is 0.0527. The Kier molecular flexibility index (Phi) is 17.7. The van der Waals surface area contributed by atoms with Crippen LogP contribution in [0.4, 0.5) is 4.79 Å². The van der Waals surface area contributed by atoms with E-state index in [9.17, 15) is 4.79 Å². The van der Waals surface area contributed by atoms with Crippen LogP contribution >= 0.6 is 24.0 Å². The first-order valence-corrected chi connectivity index (χ1v) is 8.87. The minimum absolute atomic E-state index is 0. The lowest BCUT2D eigenvalue weighted by Crippen LogP contribution is -2.38. The summed E-state index contributed by atoms with van der Waals surface area (Å²) < 4.78 is 10.2. The molecular formula is C17H37IN4O3. The van der Waals surface area contributed by atoms with Crippen molar-refractivity contribution < 1.29 is 14.3 Å². The van der Waals surface area contributed by atoms with Crippen LogP contribution in [-0.4, -0.2) is 57.5 Å². The third kappa shape index (κ3) is 19.4. The maximum Gasteiger partial charge on any atom is 0.407 e. The number of aliphatic imine (C=N–C) groups is 1. The number of amides is 1. The first-order valence-electron chi connectivity index (χ1n) is 8.87. The van der Waals surface area contributed by atoms with Crippen LogP contribution in [0.1, 0.15) is 53.4 Å². The second kappa shape index (κ2) is 16.7. The molecule has 0 saturated carbocycles. The zero-order chi connectivity index (χ0) is 18.3. The molecule has 0 radical (unpaired) electrons. The molecule has 0 aliphatic heterocycles. The summed E-state index contributed by atoms with van der Waals surface area (Å²) in [6, 6.07) is 0. The van der Waals surface area contributed by atoms with E-state index in [1.54, 1.807) is 7.11 Å². The van der Waals surface area contributed by atoms with Crippen LogP contribution in [0, 0.1) is 0 Å². The Morgan fingerprint density at radius 1 is 1.00 bits per heavy atom. The van der Waals surface area contributed by atoms with Crippen LogP contribution in [-0.2, 0) is 9.47 Å². The quantitative estimate of drug-likeness (QED) is 0.187. The van der Waals surface area contributed by atoms with Crippen LogP contribution in [0.5, 0.6) is 0 Å². The molecule has 0 unspecified atom stereocenters. The van der Waals surface area contributed by atoms with Crippen molar-refractivity contribution in [2.24, 2.45) is 4.99 Å². The number of rotatable bonds is 11. The molecule has 0 heterocycles.